The van der Waals surface area contributed by atoms with Crippen LogP contribution in [0.2, 0.25) is 0 Å². The van der Waals surface area contributed by atoms with Crippen molar-refractivity contribution < 1.29 is 27.4 Å². The van der Waals surface area contributed by atoms with Gasteiger partial charge in [-0.1, -0.05) is 29.5 Å². The fourth-order valence-corrected chi connectivity index (χ4v) is 2.71. The molecule has 0 aliphatic rings. The van der Waals surface area contributed by atoms with Crippen molar-refractivity contribution in [1.82, 2.24) is 15.0 Å². The molecule has 0 fully saturated rings. The molecule has 2 aromatic carbocycles. The second-order valence-electron chi connectivity index (χ2n) is 6.11. The molecule has 152 valence electrons. The van der Waals surface area contributed by atoms with Crippen LogP contribution in [0.3, 0.4) is 0 Å². The molecule has 0 radical (unpaired) electrons. The van der Waals surface area contributed by atoms with E-state index < -0.39 is 17.7 Å². The standard InChI is InChI=1S/C20H18F3N3O3/c1-3-28-17-10-5-4-9-16(17)26-13(2)18(24-25-26)19(27)29-12-14-7-6-8-15(11-14)20(21,22)23/h4-11H,3,12H2,1-2H3. The number of aromatic nitrogens is 3. The van der Waals surface area contributed by atoms with Gasteiger partial charge in [0.1, 0.15) is 18.0 Å². The number of hydrogen-bond donors (Lipinski definition) is 0. The van der Waals surface area contributed by atoms with E-state index in [9.17, 15) is 18.0 Å². The van der Waals surface area contributed by atoms with Crippen LogP contribution < -0.4 is 4.74 Å². The topological polar surface area (TPSA) is 66.2 Å². The zero-order valence-electron chi connectivity index (χ0n) is 15.7. The summed E-state index contributed by atoms with van der Waals surface area (Å²) >= 11 is 0. The van der Waals surface area contributed by atoms with Crippen molar-refractivity contribution in [3.63, 3.8) is 0 Å². The molecule has 0 aliphatic heterocycles. The third-order valence-corrected chi connectivity index (χ3v) is 4.11. The van der Waals surface area contributed by atoms with E-state index in [4.69, 9.17) is 9.47 Å². The SMILES string of the molecule is CCOc1ccccc1-n1nnc(C(=O)OCc2cccc(C(F)(F)F)c2)c1C. The quantitative estimate of drug-likeness (QED) is 0.571. The molecule has 0 spiro atoms. The minimum Gasteiger partial charge on any atom is -0.492 e. The summed E-state index contributed by atoms with van der Waals surface area (Å²) in [6, 6.07) is 11.8. The van der Waals surface area contributed by atoms with E-state index in [0.29, 0.717) is 23.7 Å². The smallest absolute Gasteiger partial charge is 0.416 e. The van der Waals surface area contributed by atoms with E-state index in [0.717, 1.165) is 12.1 Å². The van der Waals surface area contributed by atoms with Crippen molar-refractivity contribution in [3.8, 4) is 11.4 Å². The highest BCUT2D eigenvalue weighted by molar-refractivity contribution is 5.88. The molecule has 0 saturated carbocycles. The number of carbonyl (C=O) groups excluding carboxylic acids is 1. The molecule has 0 unspecified atom stereocenters. The predicted molar refractivity (Wildman–Crippen MR) is 97.8 cm³/mol. The lowest BCUT2D eigenvalue weighted by atomic mass is 10.1. The number of nitrogens with zero attached hydrogens (tertiary/aromatic N) is 3. The van der Waals surface area contributed by atoms with Crippen molar-refractivity contribution >= 4 is 5.97 Å². The molecule has 6 nitrogen and oxygen atoms in total. The lowest BCUT2D eigenvalue weighted by Gasteiger charge is -2.11. The second-order valence-corrected chi connectivity index (χ2v) is 6.11. The Balaban J connectivity index is 1.77. The summed E-state index contributed by atoms with van der Waals surface area (Å²) in [5.74, 6) is -0.202. The molecular weight excluding hydrogens is 387 g/mol. The maximum Gasteiger partial charge on any atom is 0.416 e. The van der Waals surface area contributed by atoms with Gasteiger partial charge in [0.15, 0.2) is 5.69 Å². The molecule has 29 heavy (non-hydrogen) atoms. The van der Waals surface area contributed by atoms with E-state index >= 15 is 0 Å². The highest BCUT2D eigenvalue weighted by Gasteiger charge is 2.30. The predicted octanol–water partition coefficient (Wildman–Crippen LogP) is 4.35. The molecule has 3 aromatic rings. The maximum atomic E-state index is 12.8. The van der Waals surface area contributed by atoms with Gasteiger partial charge in [-0.05, 0) is 43.7 Å². The van der Waals surface area contributed by atoms with Crippen LogP contribution in [-0.2, 0) is 17.5 Å². The van der Waals surface area contributed by atoms with Gasteiger partial charge < -0.3 is 9.47 Å². The molecule has 0 saturated heterocycles. The van der Waals surface area contributed by atoms with Crippen LogP contribution in [0, 0.1) is 6.92 Å². The van der Waals surface area contributed by atoms with E-state index in [1.54, 1.807) is 25.1 Å². The van der Waals surface area contributed by atoms with Gasteiger partial charge in [0, 0.05) is 0 Å². The summed E-state index contributed by atoms with van der Waals surface area (Å²) in [4.78, 5) is 12.4. The lowest BCUT2D eigenvalue weighted by Crippen LogP contribution is -2.10. The van der Waals surface area contributed by atoms with Crippen molar-refractivity contribution in [2.75, 3.05) is 6.61 Å². The summed E-state index contributed by atoms with van der Waals surface area (Å²) in [5, 5.41) is 7.85. The van der Waals surface area contributed by atoms with Crippen LogP contribution in [0.25, 0.3) is 5.69 Å². The number of carbonyl (C=O) groups is 1. The molecule has 0 bridgehead atoms. The Morgan fingerprint density at radius 3 is 2.62 bits per heavy atom. The first-order valence-corrected chi connectivity index (χ1v) is 8.79. The zero-order chi connectivity index (χ0) is 21.0. The Morgan fingerprint density at radius 2 is 1.90 bits per heavy atom. The number of rotatable bonds is 6. The van der Waals surface area contributed by atoms with Crippen LogP contribution >= 0.6 is 0 Å². The van der Waals surface area contributed by atoms with Crippen LogP contribution in [-0.4, -0.2) is 27.6 Å². The largest absolute Gasteiger partial charge is 0.492 e. The zero-order valence-corrected chi connectivity index (χ0v) is 15.7. The molecule has 1 aromatic heterocycles. The average Bonchev–Trinajstić information content (AvgIpc) is 3.08. The summed E-state index contributed by atoms with van der Waals surface area (Å²) in [6.07, 6.45) is -4.47. The molecule has 0 atom stereocenters. The highest BCUT2D eigenvalue weighted by Crippen LogP contribution is 2.29. The lowest BCUT2D eigenvalue weighted by molar-refractivity contribution is -0.137. The minimum atomic E-state index is -4.47. The number of para-hydroxylation sites is 2. The maximum absolute atomic E-state index is 12.8. The normalized spacial score (nSPS) is 11.3. The Labute approximate surface area is 164 Å². The van der Waals surface area contributed by atoms with Crippen LogP contribution in [0.15, 0.2) is 48.5 Å². The van der Waals surface area contributed by atoms with Gasteiger partial charge in [-0.3, -0.25) is 0 Å². The third kappa shape index (κ3) is 4.56. The third-order valence-electron chi connectivity index (χ3n) is 4.11. The number of halogens is 3. The number of ether oxygens (including phenoxy) is 2. The number of benzene rings is 2. The van der Waals surface area contributed by atoms with Gasteiger partial charge in [-0.2, -0.15) is 13.2 Å². The fraction of sp³-hybridized carbons (Fsp3) is 0.250. The fourth-order valence-electron chi connectivity index (χ4n) is 2.71. The van der Waals surface area contributed by atoms with Gasteiger partial charge in [0.2, 0.25) is 0 Å². The van der Waals surface area contributed by atoms with Gasteiger partial charge in [0.05, 0.1) is 17.9 Å². The number of esters is 1. The first-order valence-electron chi connectivity index (χ1n) is 8.79. The van der Waals surface area contributed by atoms with Crippen LogP contribution in [0.5, 0.6) is 5.75 Å². The van der Waals surface area contributed by atoms with Crippen LogP contribution in [0.1, 0.15) is 34.2 Å². The van der Waals surface area contributed by atoms with Gasteiger partial charge >= 0.3 is 12.1 Å². The summed E-state index contributed by atoms with van der Waals surface area (Å²) in [5.41, 5.74) is 0.423. The Hall–Kier alpha value is -3.36. The minimum absolute atomic E-state index is 0.0247. The first-order chi connectivity index (χ1) is 13.8. The Morgan fingerprint density at radius 1 is 1.14 bits per heavy atom. The van der Waals surface area contributed by atoms with Crippen LogP contribution in [0.4, 0.5) is 13.2 Å². The average molecular weight is 405 g/mol. The summed E-state index contributed by atoms with van der Waals surface area (Å²) < 4.78 is 50.5. The van der Waals surface area contributed by atoms with E-state index in [-0.39, 0.29) is 17.9 Å². The van der Waals surface area contributed by atoms with Crippen molar-refractivity contribution in [3.05, 3.63) is 71.0 Å². The Bertz CT molecular complexity index is 1020. The number of alkyl halides is 3. The van der Waals surface area contributed by atoms with Gasteiger partial charge in [-0.15, -0.1) is 5.10 Å². The Kier molecular flexibility index (Phi) is 5.86. The van der Waals surface area contributed by atoms with Gasteiger partial charge in [-0.25, -0.2) is 9.48 Å². The molecule has 0 amide bonds. The van der Waals surface area contributed by atoms with E-state index in [1.807, 2.05) is 13.0 Å². The molecule has 1 heterocycles. The first kappa shape index (κ1) is 20.4. The van der Waals surface area contributed by atoms with Crippen molar-refractivity contribution in [2.45, 2.75) is 26.6 Å². The van der Waals surface area contributed by atoms with Crippen molar-refractivity contribution in [2.24, 2.45) is 0 Å². The van der Waals surface area contributed by atoms with E-state index in [1.165, 1.54) is 16.8 Å². The van der Waals surface area contributed by atoms with E-state index in [2.05, 4.69) is 10.3 Å². The molecule has 9 heteroatoms. The van der Waals surface area contributed by atoms with Gasteiger partial charge in [0.25, 0.3) is 0 Å². The molecule has 0 aliphatic carbocycles. The number of hydrogen-bond acceptors (Lipinski definition) is 5. The van der Waals surface area contributed by atoms with Crippen molar-refractivity contribution in [1.29, 1.82) is 0 Å². The molecule has 0 N–H and O–H groups in total. The monoisotopic (exact) mass is 405 g/mol. The summed E-state index contributed by atoms with van der Waals surface area (Å²) in [6.45, 7) is 3.63. The molecular formula is C20H18F3N3O3. The summed E-state index contributed by atoms with van der Waals surface area (Å²) in [7, 11) is 0. The molecule has 3 rings (SSSR count). The second kappa shape index (κ2) is 8.34. The highest BCUT2D eigenvalue weighted by atomic mass is 19.4.